The molecule has 1 aromatic heterocycles. The molecule has 0 bridgehead atoms. The van der Waals surface area contributed by atoms with Gasteiger partial charge in [0.15, 0.2) is 6.29 Å². The Morgan fingerprint density at radius 2 is 1.73 bits per heavy atom. The third-order valence-corrected chi connectivity index (χ3v) is 8.32. The van der Waals surface area contributed by atoms with Crippen molar-refractivity contribution in [3.05, 3.63) is 11.9 Å². The number of carbonyl (C=O) groups excluding carboxylic acids is 2. The van der Waals surface area contributed by atoms with Gasteiger partial charge in [0.05, 0.1) is 45.8 Å². The summed E-state index contributed by atoms with van der Waals surface area (Å²) in [5.74, 6) is -1.12. The zero-order chi connectivity index (χ0) is 33.1. The molecular weight excluding hydrogens is 620 g/mol. The molecule has 0 saturated carbocycles. The zero-order valence-corrected chi connectivity index (χ0v) is 27.2. The third kappa shape index (κ3) is 11.3. The van der Waals surface area contributed by atoms with Crippen LogP contribution in [0.15, 0.2) is 6.20 Å². The lowest BCUT2D eigenvalue weighted by molar-refractivity contribution is -0.275. The molecule has 1 N–H and O–H groups in total. The van der Waals surface area contributed by atoms with Crippen molar-refractivity contribution in [3.8, 4) is 0 Å². The van der Waals surface area contributed by atoms with Gasteiger partial charge in [-0.05, 0) is 0 Å². The second kappa shape index (κ2) is 17.8. The zero-order valence-electron chi connectivity index (χ0n) is 26.3. The molecule has 2 radical (unpaired) electrons. The van der Waals surface area contributed by atoms with Gasteiger partial charge in [0.2, 0.25) is 0 Å². The molecule has 2 saturated heterocycles. The average molecular weight is 663 g/mol. The van der Waals surface area contributed by atoms with E-state index in [1.165, 1.54) is 21.0 Å². The number of hydrogen-bond acceptors (Lipinski definition) is 15. The van der Waals surface area contributed by atoms with Crippen LogP contribution < -0.4 is 0 Å². The molecule has 19 heteroatoms. The van der Waals surface area contributed by atoms with Gasteiger partial charge in [-0.2, -0.15) is 0 Å². The van der Waals surface area contributed by atoms with Gasteiger partial charge < -0.3 is 42.8 Å². The first-order valence-electron chi connectivity index (χ1n) is 14.5. The van der Waals surface area contributed by atoms with Crippen LogP contribution >= 0.6 is 7.82 Å². The predicted molar refractivity (Wildman–Crippen MR) is 153 cm³/mol. The lowest BCUT2D eigenvalue weighted by Crippen LogP contribution is -2.53. The molecule has 2 aliphatic heterocycles. The molecule has 10 atom stereocenters. The first-order chi connectivity index (χ1) is 21.3. The van der Waals surface area contributed by atoms with E-state index in [4.69, 9.17) is 50.3 Å². The van der Waals surface area contributed by atoms with Gasteiger partial charge in [-0.15, -0.1) is 5.10 Å². The maximum absolute atomic E-state index is 12.0. The maximum Gasteiger partial charge on any atom is 0.472 e. The van der Waals surface area contributed by atoms with Crippen LogP contribution in [-0.2, 0) is 74.2 Å². The molecule has 2 fully saturated rings. The van der Waals surface area contributed by atoms with Crippen LogP contribution in [0.4, 0.5) is 0 Å². The van der Waals surface area contributed by atoms with E-state index in [9.17, 15) is 19.0 Å². The standard InChI is InChI=1S/C26H43BN3O14P/c1-15-16(2)26(43-21(14-39-17(3)31)22(15)41-18(4)32)38-10-9-37-8-7-30-11-19(28-29-30)12-40-24-23(44-45(33,34)36-6)20(13-35-5)42-25(24)27/h11,15-16,20-26H,7-10,12-14H2,1-6H3,(H,33,34)/t15?,16?,20-,21?,22?,23+,24?,25-,26?/m1/s1. The molecule has 3 rings (SSSR count). The molecule has 0 spiro atoms. The fourth-order valence-electron chi connectivity index (χ4n) is 4.91. The summed E-state index contributed by atoms with van der Waals surface area (Å²) in [7, 11) is 4.18. The quantitative estimate of drug-likeness (QED) is 0.0978. The number of phosphoric acid groups is 1. The van der Waals surface area contributed by atoms with Gasteiger partial charge >= 0.3 is 19.8 Å². The minimum atomic E-state index is -4.36. The largest absolute Gasteiger partial charge is 0.472 e. The Kier molecular flexibility index (Phi) is 14.8. The van der Waals surface area contributed by atoms with Gasteiger partial charge in [0.25, 0.3) is 0 Å². The van der Waals surface area contributed by atoms with Crippen molar-refractivity contribution in [1.29, 1.82) is 0 Å². The number of carbonyl (C=O) groups is 2. The first kappa shape index (κ1) is 37.5. The van der Waals surface area contributed by atoms with E-state index in [1.54, 1.807) is 10.9 Å². The number of methoxy groups -OCH3 is 1. The Hall–Kier alpha value is -1.99. The second-order valence-corrected chi connectivity index (χ2v) is 12.2. The topological polar surface area (TPSA) is 194 Å². The summed E-state index contributed by atoms with van der Waals surface area (Å²) in [6, 6.07) is -0.946. The summed E-state index contributed by atoms with van der Waals surface area (Å²) < 4.78 is 68.0. The highest BCUT2D eigenvalue weighted by Crippen LogP contribution is 2.46. The van der Waals surface area contributed by atoms with E-state index < -0.39 is 62.6 Å². The molecule has 254 valence electrons. The average Bonchev–Trinajstić information content (AvgIpc) is 3.55. The fourth-order valence-corrected chi connectivity index (χ4v) is 5.56. The number of hydrogen-bond donors (Lipinski definition) is 1. The fraction of sp³-hybridized carbons (Fsp3) is 0.846. The highest BCUT2D eigenvalue weighted by atomic mass is 31.2. The minimum Gasteiger partial charge on any atom is -0.463 e. The number of rotatable bonds is 18. The summed E-state index contributed by atoms with van der Waals surface area (Å²) in [4.78, 5) is 32.7. The van der Waals surface area contributed by atoms with Crippen LogP contribution in [0.3, 0.4) is 0 Å². The van der Waals surface area contributed by atoms with E-state index in [0.29, 0.717) is 18.8 Å². The summed E-state index contributed by atoms with van der Waals surface area (Å²) >= 11 is 0. The second-order valence-electron chi connectivity index (χ2n) is 10.7. The molecular formula is C26H43BN3O14P. The summed E-state index contributed by atoms with van der Waals surface area (Å²) in [5.41, 5.74) is 0.478. The molecule has 1 aromatic rings. The van der Waals surface area contributed by atoms with Crippen molar-refractivity contribution in [2.24, 2.45) is 11.8 Å². The summed E-state index contributed by atoms with van der Waals surface area (Å²) in [6.45, 7) is 7.67. The number of nitrogens with zero attached hydrogens (tertiary/aromatic N) is 3. The van der Waals surface area contributed by atoms with Gasteiger partial charge in [0, 0.05) is 45.9 Å². The van der Waals surface area contributed by atoms with Gasteiger partial charge in [-0.1, -0.05) is 19.1 Å². The minimum absolute atomic E-state index is 0.0204. The molecule has 0 amide bonds. The van der Waals surface area contributed by atoms with Crippen LogP contribution in [-0.4, -0.2) is 130 Å². The van der Waals surface area contributed by atoms with E-state index in [2.05, 4.69) is 14.8 Å². The molecule has 3 heterocycles. The summed E-state index contributed by atoms with van der Waals surface area (Å²) in [6.07, 6.45) is -2.87. The van der Waals surface area contributed by atoms with E-state index in [1.807, 2.05) is 13.8 Å². The Morgan fingerprint density at radius 1 is 1.00 bits per heavy atom. The van der Waals surface area contributed by atoms with Crippen molar-refractivity contribution in [2.45, 2.75) is 83.7 Å². The van der Waals surface area contributed by atoms with E-state index in [-0.39, 0.29) is 44.9 Å². The van der Waals surface area contributed by atoms with Crippen LogP contribution in [0.1, 0.15) is 33.4 Å². The Morgan fingerprint density at radius 3 is 2.40 bits per heavy atom. The van der Waals surface area contributed by atoms with Crippen molar-refractivity contribution in [1.82, 2.24) is 15.0 Å². The van der Waals surface area contributed by atoms with Gasteiger partial charge in [-0.25, -0.2) is 9.25 Å². The molecule has 2 aliphatic rings. The number of ether oxygens (including phenoxy) is 8. The molecule has 7 unspecified atom stereocenters. The van der Waals surface area contributed by atoms with Crippen LogP contribution in [0.5, 0.6) is 0 Å². The van der Waals surface area contributed by atoms with E-state index in [0.717, 1.165) is 7.11 Å². The third-order valence-electron chi connectivity index (χ3n) is 7.35. The summed E-state index contributed by atoms with van der Waals surface area (Å²) in [5, 5.41) is 8.13. The van der Waals surface area contributed by atoms with Crippen LogP contribution in [0.25, 0.3) is 0 Å². The number of aromatic nitrogens is 3. The Bertz CT molecular complexity index is 1130. The highest BCUT2D eigenvalue weighted by molar-refractivity contribution is 7.47. The van der Waals surface area contributed by atoms with E-state index >= 15 is 0 Å². The van der Waals surface area contributed by atoms with Gasteiger partial charge in [0.1, 0.15) is 50.7 Å². The normalized spacial score (nSPS) is 31.4. The van der Waals surface area contributed by atoms with Crippen LogP contribution in [0, 0.1) is 11.8 Å². The number of phosphoric ester groups is 1. The van der Waals surface area contributed by atoms with Crippen molar-refractivity contribution < 1.29 is 66.0 Å². The van der Waals surface area contributed by atoms with Crippen LogP contribution in [0.2, 0.25) is 0 Å². The Labute approximate surface area is 263 Å². The van der Waals surface area contributed by atoms with Crippen molar-refractivity contribution >= 4 is 27.6 Å². The first-order valence-corrected chi connectivity index (χ1v) is 16.0. The molecule has 0 aromatic carbocycles. The monoisotopic (exact) mass is 663 g/mol. The molecule has 0 aliphatic carbocycles. The molecule has 45 heavy (non-hydrogen) atoms. The number of esters is 2. The van der Waals surface area contributed by atoms with Crippen molar-refractivity contribution in [2.75, 3.05) is 47.3 Å². The Balaban J connectivity index is 1.41. The lowest BCUT2D eigenvalue weighted by atomic mass is 9.84. The smallest absolute Gasteiger partial charge is 0.463 e. The molecule has 17 nitrogen and oxygen atoms in total. The van der Waals surface area contributed by atoms with Crippen molar-refractivity contribution in [3.63, 3.8) is 0 Å². The predicted octanol–water partition coefficient (Wildman–Crippen LogP) is 0.360. The maximum atomic E-state index is 12.0. The SMILES string of the molecule is [B][C@@H]1O[C@H](COC)[C@H](OP(=O)(O)OC)C1OCc1cn(CCOCCOC2OC(COC(C)=O)C(OC(C)=O)C(C)C2C)nn1. The highest BCUT2D eigenvalue weighted by Gasteiger charge is 2.47. The van der Waals surface area contributed by atoms with Gasteiger partial charge in [-0.3, -0.25) is 18.6 Å². The lowest BCUT2D eigenvalue weighted by Gasteiger charge is -2.43.